The van der Waals surface area contributed by atoms with Gasteiger partial charge in [-0.1, -0.05) is 18.2 Å². The molecule has 0 aliphatic heterocycles. The van der Waals surface area contributed by atoms with Crippen LogP contribution in [-0.2, 0) is 11.7 Å². The number of aromatic nitrogens is 1. The smallest absolute Gasteiger partial charge is 0.226 e. The Hall–Kier alpha value is -4.06. The molecule has 0 fully saturated rings. The first kappa shape index (κ1) is 20.2. The van der Waals surface area contributed by atoms with Crippen molar-refractivity contribution in [3.63, 3.8) is 0 Å². The highest BCUT2D eigenvalue weighted by atomic mass is 16.5. The van der Waals surface area contributed by atoms with E-state index >= 15 is 0 Å². The fourth-order valence-electron chi connectivity index (χ4n) is 3.09. The van der Waals surface area contributed by atoms with Gasteiger partial charge in [-0.3, -0.25) is 9.90 Å². The molecule has 1 heterocycles. The Morgan fingerprint density at radius 2 is 1.68 bits per heavy atom. The van der Waals surface area contributed by atoms with Crippen LogP contribution in [0.15, 0.2) is 77.2 Å². The van der Waals surface area contributed by atoms with E-state index in [0.717, 1.165) is 5.56 Å². The van der Waals surface area contributed by atoms with Crippen LogP contribution in [0.2, 0.25) is 0 Å². The standard InChI is InChI=1S/C25H20NO5/c1-16-22(26-25(31-16)18-6-4-3-5-7-18)15-30-19-10-8-17(9-11-19)24(28)21-13-12-20(29-2)14-23(21)27/h3-14H,15H2,1-2H3. The third-order valence-electron chi connectivity index (χ3n) is 4.84. The number of hydrogen-bond acceptors (Lipinski definition) is 5. The van der Waals surface area contributed by atoms with Crippen molar-refractivity contribution in [1.82, 2.24) is 4.98 Å². The summed E-state index contributed by atoms with van der Waals surface area (Å²) in [7, 11) is 1.47. The number of ether oxygens (including phenoxy) is 2. The van der Waals surface area contributed by atoms with Crippen LogP contribution in [0.4, 0.5) is 0 Å². The van der Waals surface area contributed by atoms with Gasteiger partial charge in [0.1, 0.15) is 29.6 Å². The molecule has 0 amide bonds. The summed E-state index contributed by atoms with van der Waals surface area (Å²) in [4.78, 5) is 17.1. The lowest BCUT2D eigenvalue weighted by molar-refractivity contribution is 0.103. The van der Waals surface area contributed by atoms with E-state index in [1.165, 1.54) is 19.2 Å². The number of oxazole rings is 1. The predicted octanol–water partition coefficient (Wildman–Crippen LogP) is 5.61. The highest BCUT2D eigenvalue weighted by molar-refractivity contribution is 6.10. The van der Waals surface area contributed by atoms with Crippen LogP contribution in [0.3, 0.4) is 0 Å². The van der Waals surface area contributed by atoms with Gasteiger partial charge in [0.2, 0.25) is 5.89 Å². The monoisotopic (exact) mass is 414 g/mol. The quantitative estimate of drug-likeness (QED) is 0.367. The number of benzene rings is 3. The van der Waals surface area contributed by atoms with E-state index < -0.39 is 0 Å². The Morgan fingerprint density at radius 1 is 0.968 bits per heavy atom. The topological polar surface area (TPSA) is 81.5 Å². The van der Waals surface area contributed by atoms with E-state index in [4.69, 9.17) is 13.9 Å². The van der Waals surface area contributed by atoms with Gasteiger partial charge in [0.05, 0.1) is 12.7 Å². The molecule has 3 aromatic carbocycles. The van der Waals surface area contributed by atoms with E-state index in [9.17, 15) is 9.90 Å². The molecule has 6 nitrogen and oxygen atoms in total. The van der Waals surface area contributed by atoms with Gasteiger partial charge < -0.3 is 13.9 Å². The maximum atomic E-state index is 12.6. The fraction of sp³-hybridized carbons (Fsp3) is 0.120. The van der Waals surface area contributed by atoms with Crippen LogP contribution < -0.4 is 9.47 Å². The Kier molecular flexibility index (Phi) is 5.71. The van der Waals surface area contributed by atoms with Crippen molar-refractivity contribution in [1.29, 1.82) is 0 Å². The molecule has 0 bridgehead atoms. The summed E-state index contributed by atoms with van der Waals surface area (Å²) in [5.41, 5.74) is 2.10. The second-order valence-corrected chi connectivity index (χ2v) is 6.89. The number of aryl methyl sites for hydroxylation is 1. The second kappa shape index (κ2) is 8.75. The molecular weight excluding hydrogens is 394 g/mol. The highest BCUT2D eigenvalue weighted by Crippen LogP contribution is 2.27. The predicted molar refractivity (Wildman–Crippen MR) is 114 cm³/mol. The van der Waals surface area contributed by atoms with E-state index in [1.54, 1.807) is 30.3 Å². The van der Waals surface area contributed by atoms with Crippen LogP contribution in [-0.4, -0.2) is 17.9 Å². The zero-order valence-corrected chi connectivity index (χ0v) is 17.1. The number of ketones is 1. The molecule has 155 valence electrons. The number of hydrogen-bond donors (Lipinski definition) is 0. The lowest BCUT2D eigenvalue weighted by Crippen LogP contribution is -2.02. The van der Waals surface area contributed by atoms with Gasteiger partial charge in [-0.05, 0) is 55.5 Å². The molecule has 31 heavy (non-hydrogen) atoms. The summed E-state index contributed by atoms with van der Waals surface area (Å²) in [5.74, 6) is 1.51. The zero-order chi connectivity index (χ0) is 21.8. The second-order valence-electron chi connectivity index (χ2n) is 6.89. The van der Waals surface area contributed by atoms with Gasteiger partial charge in [-0.25, -0.2) is 4.98 Å². The molecule has 0 aliphatic rings. The lowest BCUT2D eigenvalue weighted by atomic mass is 10.0. The molecule has 1 aromatic heterocycles. The molecule has 4 aromatic rings. The van der Waals surface area contributed by atoms with Crippen molar-refractivity contribution in [2.45, 2.75) is 13.5 Å². The lowest BCUT2D eigenvalue weighted by Gasteiger charge is -2.07. The Morgan fingerprint density at radius 3 is 2.35 bits per heavy atom. The Labute approximate surface area is 179 Å². The van der Waals surface area contributed by atoms with Crippen LogP contribution in [0.1, 0.15) is 27.4 Å². The van der Waals surface area contributed by atoms with Gasteiger partial charge in [0.15, 0.2) is 11.5 Å². The first-order chi connectivity index (χ1) is 15.0. The minimum Gasteiger partial charge on any atom is -0.497 e. The number of methoxy groups -OCH3 is 1. The summed E-state index contributed by atoms with van der Waals surface area (Å²) in [6, 6.07) is 20.7. The fourth-order valence-corrected chi connectivity index (χ4v) is 3.09. The SMILES string of the molecule is COc1ccc(C(=O)c2ccc(OCc3nc(-c4ccccc4)oc3C)cc2)c([O])c1. The number of carbonyl (C=O) groups is 1. The van der Waals surface area contributed by atoms with Crippen LogP contribution in [0.5, 0.6) is 17.2 Å². The average Bonchev–Trinajstić information content (AvgIpc) is 3.18. The van der Waals surface area contributed by atoms with Gasteiger partial charge in [0, 0.05) is 17.2 Å². The van der Waals surface area contributed by atoms with Crippen LogP contribution in [0.25, 0.3) is 11.5 Å². The van der Waals surface area contributed by atoms with Crippen molar-refractivity contribution < 1.29 is 23.8 Å². The highest BCUT2D eigenvalue weighted by Gasteiger charge is 2.16. The first-order valence-electron chi connectivity index (χ1n) is 9.69. The van der Waals surface area contributed by atoms with E-state index in [1.807, 2.05) is 37.3 Å². The third kappa shape index (κ3) is 4.43. The summed E-state index contributed by atoms with van der Waals surface area (Å²) < 4.78 is 16.6. The van der Waals surface area contributed by atoms with Crippen molar-refractivity contribution in [3.05, 3.63) is 95.4 Å². The first-order valence-corrected chi connectivity index (χ1v) is 9.69. The normalized spacial score (nSPS) is 10.6. The molecular formula is C25H20NO5. The Balaban J connectivity index is 1.44. The number of nitrogens with zero attached hydrogens (tertiary/aromatic N) is 1. The third-order valence-corrected chi connectivity index (χ3v) is 4.84. The zero-order valence-electron chi connectivity index (χ0n) is 17.1. The maximum absolute atomic E-state index is 12.6. The molecule has 4 rings (SSSR count). The molecule has 0 unspecified atom stereocenters. The van der Waals surface area contributed by atoms with Crippen LogP contribution >= 0.6 is 0 Å². The molecule has 0 N–H and O–H groups in total. The van der Waals surface area contributed by atoms with Crippen molar-refractivity contribution in [2.75, 3.05) is 7.11 Å². The summed E-state index contributed by atoms with van der Waals surface area (Å²) in [5, 5.41) is 12.1. The van der Waals surface area contributed by atoms with E-state index in [2.05, 4.69) is 4.98 Å². The molecule has 0 spiro atoms. The minimum atomic E-state index is -0.375. The Bertz CT molecular complexity index is 1200. The summed E-state index contributed by atoms with van der Waals surface area (Å²) in [6.45, 7) is 2.08. The molecule has 0 saturated carbocycles. The van der Waals surface area contributed by atoms with Crippen molar-refractivity contribution >= 4 is 5.78 Å². The summed E-state index contributed by atoms with van der Waals surface area (Å²) in [6.07, 6.45) is 0. The molecule has 0 aliphatic carbocycles. The average molecular weight is 414 g/mol. The summed E-state index contributed by atoms with van der Waals surface area (Å²) >= 11 is 0. The largest absolute Gasteiger partial charge is 0.497 e. The van der Waals surface area contributed by atoms with Crippen LogP contribution in [0, 0.1) is 6.92 Å². The van der Waals surface area contributed by atoms with Gasteiger partial charge in [-0.15, -0.1) is 0 Å². The van der Waals surface area contributed by atoms with Gasteiger partial charge >= 0.3 is 0 Å². The van der Waals surface area contributed by atoms with Crippen molar-refractivity contribution in [3.8, 4) is 28.7 Å². The molecule has 6 heteroatoms. The van der Waals surface area contributed by atoms with E-state index in [0.29, 0.717) is 34.4 Å². The van der Waals surface area contributed by atoms with Crippen molar-refractivity contribution in [2.24, 2.45) is 0 Å². The molecule has 0 atom stereocenters. The maximum Gasteiger partial charge on any atom is 0.226 e. The van der Waals surface area contributed by atoms with E-state index in [-0.39, 0.29) is 23.7 Å². The number of rotatable bonds is 7. The molecule has 1 radical (unpaired) electrons. The molecule has 0 saturated heterocycles. The minimum absolute atomic E-state index is 0.0983. The van der Waals surface area contributed by atoms with Gasteiger partial charge in [0.25, 0.3) is 0 Å². The number of carbonyl (C=O) groups excluding carboxylic acids is 1. The van der Waals surface area contributed by atoms with Gasteiger partial charge in [-0.2, -0.15) is 0 Å².